The Morgan fingerprint density at radius 3 is 2.83 bits per heavy atom. The minimum absolute atomic E-state index is 0.0205. The Morgan fingerprint density at radius 1 is 1.27 bits per heavy atom. The molecule has 6 nitrogen and oxygen atoms in total. The minimum Gasteiger partial charge on any atom is -0.393 e. The predicted octanol–water partition coefficient (Wildman–Crippen LogP) is 3.15. The molecule has 3 fully saturated rings. The molecule has 4 N–H and O–H groups in total. The van der Waals surface area contributed by atoms with Gasteiger partial charge in [-0.1, -0.05) is 30.7 Å². The van der Waals surface area contributed by atoms with Gasteiger partial charge in [0.2, 0.25) is 0 Å². The zero-order valence-corrected chi connectivity index (χ0v) is 18.7. The Kier molecular flexibility index (Phi) is 6.27. The van der Waals surface area contributed by atoms with Gasteiger partial charge in [-0.3, -0.25) is 4.79 Å². The molecule has 4 aliphatic carbocycles. The van der Waals surface area contributed by atoms with Crippen molar-refractivity contribution in [2.45, 2.75) is 77.7 Å². The van der Waals surface area contributed by atoms with E-state index in [1.807, 2.05) is 0 Å². The number of hydrogen-bond acceptors (Lipinski definition) is 5. The van der Waals surface area contributed by atoms with Crippen molar-refractivity contribution >= 4 is 11.6 Å². The third kappa shape index (κ3) is 3.81. The molecular weight excluding hydrogens is 378 g/mol. The van der Waals surface area contributed by atoms with Gasteiger partial charge >= 0.3 is 0 Å². The van der Waals surface area contributed by atoms with Gasteiger partial charge in [0, 0.05) is 12.0 Å². The molecule has 6 atom stereocenters. The number of carbonyl (C=O) groups is 1. The van der Waals surface area contributed by atoms with E-state index in [1.54, 1.807) is 0 Å². The van der Waals surface area contributed by atoms with Gasteiger partial charge in [-0.2, -0.15) is 0 Å². The predicted molar refractivity (Wildman–Crippen MR) is 118 cm³/mol. The van der Waals surface area contributed by atoms with Crippen LogP contribution in [0, 0.1) is 28.6 Å². The number of rotatable bonds is 6. The number of aliphatic hydroxyl groups excluding tert-OH is 1. The normalized spacial score (nSPS) is 41.5. The lowest BCUT2D eigenvalue weighted by molar-refractivity contribution is -0.125. The van der Waals surface area contributed by atoms with E-state index < -0.39 is 0 Å². The maximum absolute atomic E-state index is 11.9. The summed E-state index contributed by atoms with van der Waals surface area (Å²) in [5.41, 5.74) is 8.48. The average molecular weight is 418 g/mol. The Bertz CT molecular complexity index is 720. The average Bonchev–Trinajstić information content (AvgIpc) is 3.05. The summed E-state index contributed by atoms with van der Waals surface area (Å²) in [6.07, 6.45) is 11.7. The Hall–Kier alpha value is -1.40. The van der Waals surface area contributed by atoms with Crippen LogP contribution >= 0.6 is 0 Å². The number of fused-ring (bicyclic) bond motifs is 5. The molecule has 0 bridgehead atoms. The summed E-state index contributed by atoms with van der Waals surface area (Å²) in [6, 6.07) is 0. The highest BCUT2D eigenvalue weighted by Crippen LogP contribution is 2.64. The van der Waals surface area contributed by atoms with E-state index in [-0.39, 0.29) is 29.4 Å². The molecule has 0 aromatic carbocycles. The van der Waals surface area contributed by atoms with Crippen molar-refractivity contribution in [1.29, 1.82) is 0 Å². The number of allylic oxidation sites excluding steroid dienone is 1. The second kappa shape index (κ2) is 8.62. The summed E-state index contributed by atoms with van der Waals surface area (Å²) in [6.45, 7) is 5.97. The number of aliphatic hydroxyl groups is 1. The van der Waals surface area contributed by atoms with E-state index >= 15 is 0 Å². The van der Waals surface area contributed by atoms with Gasteiger partial charge in [0.15, 0.2) is 6.61 Å². The maximum atomic E-state index is 11.9. The molecule has 30 heavy (non-hydrogen) atoms. The largest absolute Gasteiger partial charge is 0.393 e. The van der Waals surface area contributed by atoms with Gasteiger partial charge in [-0.15, -0.1) is 0 Å². The van der Waals surface area contributed by atoms with E-state index in [0.717, 1.165) is 56.6 Å². The molecule has 4 rings (SSSR count). The summed E-state index contributed by atoms with van der Waals surface area (Å²) in [4.78, 5) is 17.3. The minimum atomic E-state index is -0.149. The van der Waals surface area contributed by atoms with E-state index in [2.05, 4.69) is 30.4 Å². The van der Waals surface area contributed by atoms with Gasteiger partial charge < -0.3 is 21.0 Å². The summed E-state index contributed by atoms with van der Waals surface area (Å²) in [5, 5.41) is 17.4. The van der Waals surface area contributed by atoms with Gasteiger partial charge in [0.1, 0.15) is 0 Å². The smallest absolute Gasteiger partial charge is 0.260 e. The van der Waals surface area contributed by atoms with Crippen LogP contribution in [0.15, 0.2) is 16.8 Å². The lowest BCUT2D eigenvalue weighted by atomic mass is 9.48. The molecule has 0 aromatic rings. The first-order valence-corrected chi connectivity index (χ1v) is 11.9. The highest BCUT2D eigenvalue weighted by atomic mass is 16.6. The van der Waals surface area contributed by atoms with E-state index in [0.29, 0.717) is 24.9 Å². The molecule has 0 spiro atoms. The van der Waals surface area contributed by atoms with Crippen molar-refractivity contribution in [3.63, 3.8) is 0 Å². The van der Waals surface area contributed by atoms with Crippen LogP contribution in [0.4, 0.5) is 0 Å². The van der Waals surface area contributed by atoms with E-state index in [4.69, 9.17) is 10.6 Å². The lowest BCUT2D eigenvalue weighted by Crippen LogP contribution is -2.50. The van der Waals surface area contributed by atoms with Crippen molar-refractivity contribution in [2.24, 2.45) is 39.5 Å². The monoisotopic (exact) mass is 417 g/mol. The first kappa shape index (κ1) is 21.8. The molecule has 0 saturated heterocycles. The van der Waals surface area contributed by atoms with Crippen LogP contribution in [0.25, 0.3) is 0 Å². The van der Waals surface area contributed by atoms with Crippen LogP contribution in [-0.4, -0.2) is 42.5 Å². The fraction of sp³-hybridized carbons (Fsp3) is 0.833. The van der Waals surface area contributed by atoms with Crippen molar-refractivity contribution < 1.29 is 14.7 Å². The SMILES string of the molecule is C[C@]12CC[C@H](O)CC1=CC[C@@H]1[C@@H]2CC[C@]2(C)/C(=N/OCC(=O)NCCCN)CC[C@@H]12. The molecule has 0 unspecified atom stereocenters. The highest BCUT2D eigenvalue weighted by molar-refractivity contribution is 5.92. The van der Waals surface area contributed by atoms with Gasteiger partial charge in [-0.05, 0) is 87.5 Å². The first-order valence-electron chi connectivity index (χ1n) is 11.9. The topological polar surface area (TPSA) is 96.9 Å². The van der Waals surface area contributed by atoms with Gasteiger partial charge in [0.05, 0.1) is 11.8 Å². The molecule has 4 aliphatic rings. The van der Waals surface area contributed by atoms with Crippen molar-refractivity contribution in [3.05, 3.63) is 11.6 Å². The summed E-state index contributed by atoms with van der Waals surface area (Å²) in [5.74, 6) is 1.92. The second-order valence-electron chi connectivity index (χ2n) is 10.5. The quantitative estimate of drug-likeness (QED) is 0.351. The number of oxime groups is 1. The van der Waals surface area contributed by atoms with Crippen LogP contribution in [0.1, 0.15) is 71.6 Å². The molecular formula is C24H39N3O3. The Balaban J connectivity index is 1.42. The fourth-order valence-electron chi connectivity index (χ4n) is 7.13. The second-order valence-corrected chi connectivity index (χ2v) is 10.5. The Labute approximate surface area is 180 Å². The third-order valence-corrected chi connectivity index (χ3v) is 8.89. The number of carbonyl (C=O) groups excluding carboxylic acids is 1. The number of nitrogens with zero attached hydrogens (tertiary/aromatic N) is 1. The van der Waals surface area contributed by atoms with Gasteiger partial charge in [0.25, 0.3) is 5.91 Å². The lowest BCUT2D eigenvalue weighted by Gasteiger charge is -2.57. The van der Waals surface area contributed by atoms with Crippen molar-refractivity contribution in [2.75, 3.05) is 19.7 Å². The maximum Gasteiger partial charge on any atom is 0.260 e. The van der Waals surface area contributed by atoms with Crippen LogP contribution in [0.2, 0.25) is 0 Å². The number of amides is 1. The van der Waals surface area contributed by atoms with Crippen molar-refractivity contribution in [1.82, 2.24) is 5.32 Å². The van der Waals surface area contributed by atoms with E-state index in [1.165, 1.54) is 18.4 Å². The van der Waals surface area contributed by atoms with Crippen LogP contribution in [0.3, 0.4) is 0 Å². The first-order chi connectivity index (χ1) is 14.4. The number of nitrogens with one attached hydrogen (secondary N) is 1. The number of nitrogens with two attached hydrogens (primary N) is 1. The van der Waals surface area contributed by atoms with Crippen LogP contribution < -0.4 is 11.1 Å². The summed E-state index contributed by atoms with van der Waals surface area (Å²) < 4.78 is 0. The zero-order valence-electron chi connectivity index (χ0n) is 18.7. The molecule has 0 aromatic heterocycles. The number of hydrogen-bond donors (Lipinski definition) is 3. The highest BCUT2D eigenvalue weighted by Gasteiger charge is 2.58. The standard InChI is InChI=1S/C24H39N3O3/c1-23-10-8-17(28)14-16(23)4-5-18-19-6-7-21(24(19,2)11-9-20(18)23)27-30-15-22(29)26-13-3-12-25/h4,17-20,28H,3,5-15,25H2,1-2H3,(H,26,29)/b27-21+/t17-,18-,19-,20-,23-,24-/m0/s1. The van der Waals surface area contributed by atoms with Crippen LogP contribution in [0.5, 0.6) is 0 Å². The molecule has 0 aliphatic heterocycles. The third-order valence-electron chi connectivity index (χ3n) is 8.89. The molecule has 0 heterocycles. The van der Waals surface area contributed by atoms with Crippen molar-refractivity contribution in [3.8, 4) is 0 Å². The molecule has 0 radical (unpaired) electrons. The molecule has 168 valence electrons. The Morgan fingerprint density at radius 2 is 2.03 bits per heavy atom. The molecule has 6 heteroatoms. The van der Waals surface area contributed by atoms with Crippen LogP contribution in [-0.2, 0) is 9.63 Å². The molecule has 1 amide bonds. The van der Waals surface area contributed by atoms with E-state index in [9.17, 15) is 9.90 Å². The summed E-state index contributed by atoms with van der Waals surface area (Å²) in [7, 11) is 0. The fourth-order valence-corrected chi connectivity index (χ4v) is 7.13. The summed E-state index contributed by atoms with van der Waals surface area (Å²) >= 11 is 0. The van der Waals surface area contributed by atoms with Gasteiger partial charge in [-0.25, -0.2) is 0 Å². The zero-order chi connectivity index (χ0) is 21.4. The molecule has 3 saturated carbocycles.